The minimum absolute atomic E-state index is 0.0350. The van der Waals surface area contributed by atoms with Crippen LogP contribution in [0.15, 0.2) is 24.5 Å². The Morgan fingerprint density at radius 3 is 3.12 bits per heavy atom. The highest BCUT2D eigenvalue weighted by Gasteiger charge is 2.43. The van der Waals surface area contributed by atoms with Gasteiger partial charge in [0, 0.05) is 39.2 Å². The SMILES string of the molecule is COCC(=O)N1C[C@@H](C(=O)NCc2cccnc2)C[C@H]2OCC[C@H]21. The van der Waals surface area contributed by atoms with Gasteiger partial charge in [0.15, 0.2) is 0 Å². The first-order valence-corrected chi connectivity index (χ1v) is 8.25. The average Bonchev–Trinajstić information content (AvgIpc) is 3.08. The number of rotatable bonds is 5. The van der Waals surface area contributed by atoms with Gasteiger partial charge in [0.05, 0.1) is 18.1 Å². The van der Waals surface area contributed by atoms with E-state index in [1.165, 1.54) is 7.11 Å². The summed E-state index contributed by atoms with van der Waals surface area (Å²) in [7, 11) is 1.50. The lowest BCUT2D eigenvalue weighted by Crippen LogP contribution is -2.55. The molecule has 0 aromatic carbocycles. The fourth-order valence-corrected chi connectivity index (χ4v) is 3.47. The number of pyridine rings is 1. The van der Waals surface area contributed by atoms with Gasteiger partial charge >= 0.3 is 0 Å². The van der Waals surface area contributed by atoms with Crippen LogP contribution in [0.2, 0.25) is 0 Å². The zero-order valence-corrected chi connectivity index (χ0v) is 13.8. The Morgan fingerprint density at radius 2 is 2.38 bits per heavy atom. The Labute approximate surface area is 141 Å². The highest BCUT2D eigenvalue weighted by Crippen LogP contribution is 2.31. The lowest BCUT2D eigenvalue weighted by molar-refractivity contribution is -0.145. The summed E-state index contributed by atoms with van der Waals surface area (Å²) in [6, 6.07) is 3.82. The monoisotopic (exact) mass is 333 g/mol. The van der Waals surface area contributed by atoms with Crippen molar-refractivity contribution < 1.29 is 19.1 Å². The fraction of sp³-hybridized carbons (Fsp3) is 0.588. The number of amides is 2. The summed E-state index contributed by atoms with van der Waals surface area (Å²) in [5, 5.41) is 2.94. The molecule has 7 nitrogen and oxygen atoms in total. The topological polar surface area (TPSA) is 80.8 Å². The lowest BCUT2D eigenvalue weighted by atomic mass is 9.89. The number of piperidine rings is 1. The molecule has 3 rings (SSSR count). The lowest BCUT2D eigenvalue weighted by Gasteiger charge is -2.40. The maximum atomic E-state index is 12.5. The predicted molar refractivity (Wildman–Crippen MR) is 85.9 cm³/mol. The van der Waals surface area contributed by atoms with Crippen LogP contribution in [-0.2, 0) is 25.6 Å². The number of fused-ring (bicyclic) bond motifs is 1. The number of methoxy groups -OCH3 is 1. The van der Waals surface area contributed by atoms with Crippen molar-refractivity contribution >= 4 is 11.8 Å². The number of nitrogens with one attached hydrogen (secondary N) is 1. The summed E-state index contributed by atoms with van der Waals surface area (Å²) in [6.07, 6.45) is 4.84. The fourth-order valence-electron chi connectivity index (χ4n) is 3.47. The van der Waals surface area contributed by atoms with E-state index in [2.05, 4.69) is 10.3 Å². The number of hydrogen-bond acceptors (Lipinski definition) is 5. The van der Waals surface area contributed by atoms with E-state index < -0.39 is 0 Å². The van der Waals surface area contributed by atoms with Crippen LogP contribution in [0.3, 0.4) is 0 Å². The van der Waals surface area contributed by atoms with E-state index in [0.29, 0.717) is 26.1 Å². The summed E-state index contributed by atoms with van der Waals surface area (Å²) >= 11 is 0. The highest BCUT2D eigenvalue weighted by atomic mass is 16.5. The molecule has 1 aromatic heterocycles. The molecule has 130 valence electrons. The van der Waals surface area contributed by atoms with E-state index in [0.717, 1.165) is 12.0 Å². The van der Waals surface area contributed by atoms with E-state index in [1.807, 2.05) is 12.1 Å². The van der Waals surface area contributed by atoms with Crippen LogP contribution < -0.4 is 5.32 Å². The van der Waals surface area contributed by atoms with E-state index >= 15 is 0 Å². The molecule has 0 unspecified atom stereocenters. The Morgan fingerprint density at radius 1 is 1.50 bits per heavy atom. The van der Waals surface area contributed by atoms with Crippen LogP contribution in [0, 0.1) is 5.92 Å². The second kappa shape index (κ2) is 7.72. The summed E-state index contributed by atoms with van der Waals surface area (Å²) in [4.78, 5) is 30.6. The molecule has 0 saturated carbocycles. The molecule has 2 amide bonds. The van der Waals surface area contributed by atoms with Crippen molar-refractivity contribution in [2.24, 2.45) is 5.92 Å². The number of likely N-dealkylation sites (tertiary alicyclic amines) is 1. The summed E-state index contributed by atoms with van der Waals surface area (Å²) in [6.45, 7) is 1.53. The molecule has 2 aliphatic heterocycles. The van der Waals surface area contributed by atoms with E-state index in [9.17, 15) is 9.59 Å². The van der Waals surface area contributed by atoms with Gasteiger partial charge in [0.2, 0.25) is 11.8 Å². The van der Waals surface area contributed by atoms with E-state index in [1.54, 1.807) is 17.3 Å². The quantitative estimate of drug-likeness (QED) is 0.841. The van der Waals surface area contributed by atoms with Gasteiger partial charge in [-0.1, -0.05) is 6.07 Å². The Kier molecular flexibility index (Phi) is 5.42. The summed E-state index contributed by atoms with van der Waals surface area (Å²) in [5.74, 6) is -0.396. The average molecular weight is 333 g/mol. The number of aromatic nitrogens is 1. The number of carbonyl (C=O) groups excluding carboxylic acids is 2. The van der Waals surface area contributed by atoms with E-state index in [4.69, 9.17) is 9.47 Å². The second-order valence-corrected chi connectivity index (χ2v) is 6.26. The van der Waals surface area contributed by atoms with Crippen molar-refractivity contribution in [3.63, 3.8) is 0 Å². The molecule has 2 saturated heterocycles. The molecule has 1 aromatic rings. The molecule has 24 heavy (non-hydrogen) atoms. The maximum absolute atomic E-state index is 12.5. The molecule has 3 heterocycles. The number of carbonyl (C=O) groups is 2. The first-order chi connectivity index (χ1) is 11.7. The molecule has 0 bridgehead atoms. The van der Waals surface area contributed by atoms with Gasteiger partial charge in [0.25, 0.3) is 0 Å². The minimum Gasteiger partial charge on any atom is -0.376 e. The summed E-state index contributed by atoms with van der Waals surface area (Å²) < 4.78 is 10.7. The highest BCUT2D eigenvalue weighted by molar-refractivity contribution is 5.82. The molecule has 2 aliphatic rings. The Bertz CT molecular complexity index is 580. The van der Waals surface area contributed by atoms with Crippen LogP contribution in [0.5, 0.6) is 0 Å². The van der Waals surface area contributed by atoms with Gasteiger partial charge in [-0.25, -0.2) is 0 Å². The Hall–Kier alpha value is -1.99. The first-order valence-electron chi connectivity index (χ1n) is 8.25. The normalized spacial score (nSPS) is 26.0. The largest absolute Gasteiger partial charge is 0.376 e. The zero-order chi connectivity index (χ0) is 16.9. The van der Waals surface area contributed by atoms with Crippen molar-refractivity contribution in [3.05, 3.63) is 30.1 Å². The van der Waals surface area contributed by atoms with Crippen LogP contribution in [0.1, 0.15) is 18.4 Å². The van der Waals surface area contributed by atoms with Crippen molar-refractivity contribution in [1.29, 1.82) is 0 Å². The number of hydrogen-bond donors (Lipinski definition) is 1. The molecular weight excluding hydrogens is 310 g/mol. The summed E-state index contributed by atoms with van der Waals surface area (Å²) in [5.41, 5.74) is 0.948. The molecule has 0 spiro atoms. The number of ether oxygens (including phenoxy) is 2. The van der Waals surface area contributed by atoms with Crippen molar-refractivity contribution in [3.8, 4) is 0 Å². The van der Waals surface area contributed by atoms with Gasteiger partial charge < -0.3 is 19.7 Å². The third-order valence-corrected chi connectivity index (χ3v) is 4.66. The van der Waals surface area contributed by atoms with Crippen molar-refractivity contribution in [2.45, 2.75) is 31.5 Å². The molecule has 0 aliphatic carbocycles. The van der Waals surface area contributed by atoms with E-state index in [-0.39, 0.29) is 36.5 Å². The molecule has 2 fully saturated rings. The standard InChI is InChI=1S/C17H23N3O4/c1-23-11-16(21)20-10-13(7-15-14(20)4-6-24-15)17(22)19-9-12-3-2-5-18-8-12/h2-3,5,8,13-15H,4,6-7,9-11H2,1H3,(H,19,22)/t13-,14+,15+/m0/s1. The maximum Gasteiger partial charge on any atom is 0.248 e. The van der Waals surface area contributed by atoms with Crippen LogP contribution in [0.4, 0.5) is 0 Å². The van der Waals surface area contributed by atoms with Crippen LogP contribution in [-0.4, -0.2) is 60.7 Å². The van der Waals surface area contributed by atoms with Crippen LogP contribution >= 0.6 is 0 Å². The minimum atomic E-state index is -0.262. The van der Waals surface area contributed by atoms with Crippen molar-refractivity contribution in [1.82, 2.24) is 15.2 Å². The molecule has 1 N–H and O–H groups in total. The third kappa shape index (κ3) is 3.73. The molecule has 7 heteroatoms. The van der Waals surface area contributed by atoms with Gasteiger partial charge in [-0.05, 0) is 24.5 Å². The smallest absolute Gasteiger partial charge is 0.248 e. The molecule has 3 atom stereocenters. The molecule has 0 radical (unpaired) electrons. The van der Waals surface area contributed by atoms with Crippen molar-refractivity contribution in [2.75, 3.05) is 26.9 Å². The predicted octanol–water partition coefficient (Wildman–Crippen LogP) is 0.350. The third-order valence-electron chi connectivity index (χ3n) is 4.66. The first kappa shape index (κ1) is 16.9. The van der Waals surface area contributed by atoms with Gasteiger partial charge in [-0.2, -0.15) is 0 Å². The molecular formula is C17H23N3O4. The van der Waals surface area contributed by atoms with Gasteiger partial charge in [0.1, 0.15) is 6.61 Å². The van der Waals surface area contributed by atoms with Gasteiger partial charge in [-0.15, -0.1) is 0 Å². The second-order valence-electron chi connectivity index (χ2n) is 6.26. The van der Waals surface area contributed by atoms with Crippen LogP contribution in [0.25, 0.3) is 0 Å². The number of nitrogens with zero attached hydrogens (tertiary/aromatic N) is 2. The Balaban J connectivity index is 1.62. The van der Waals surface area contributed by atoms with Gasteiger partial charge in [-0.3, -0.25) is 14.6 Å². The zero-order valence-electron chi connectivity index (χ0n) is 13.8.